The van der Waals surface area contributed by atoms with Crippen LogP contribution in [0.2, 0.25) is 0 Å². The number of nitrogens with one attached hydrogen (secondary N) is 1. The van der Waals surface area contributed by atoms with Crippen LogP contribution in [0.5, 0.6) is 0 Å². The number of aromatic amines is 1. The Balaban J connectivity index is 2.87. The summed E-state index contributed by atoms with van der Waals surface area (Å²) in [5, 5.41) is 10.1. The van der Waals surface area contributed by atoms with Crippen LogP contribution in [0, 0.1) is 0 Å². The number of ether oxygens (including phenoxy) is 1. The molecule has 1 heterocycles. The number of aromatic nitrogens is 2. The van der Waals surface area contributed by atoms with Crippen molar-refractivity contribution in [3.8, 4) is 0 Å². The highest BCUT2D eigenvalue weighted by Gasteiger charge is 2.23. The van der Waals surface area contributed by atoms with E-state index in [1.807, 2.05) is 6.92 Å². The maximum absolute atomic E-state index is 11.7. The fourth-order valence-corrected chi connectivity index (χ4v) is 1.97. The molecule has 0 aliphatic carbocycles. The van der Waals surface area contributed by atoms with Gasteiger partial charge in [-0.25, -0.2) is 18.4 Å². The number of hydrogen-bond acceptors (Lipinski definition) is 5. The Kier molecular flexibility index (Phi) is 4.24. The molecule has 0 aliphatic rings. The van der Waals surface area contributed by atoms with Crippen LogP contribution < -0.4 is 5.14 Å². The molecule has 1 unspecified atom stereocenters. The minimum Gasteiger partial charge on any atom is -0.459 e. The molecule has 8 heteroatoms. The van der Waals surface area contributed by atoms with Crippen LogP contribution >= 0.6 is 0 Å². The van der Waals surface area contributed by atoms with E-state index in [1.54, 1.807) is 6.92 Å². The number of hydrogen-bond donors (Lipinski definition) is 2. The molecule has 1 aromatic rings. The predicted molar refractivity (Wildman–Crippen MR) is 59.7 cm³/mol. The van der Waals surface area contributed by atoms with Gasteiger partial charge in [0, 0.05) is 0 Å². The fraction of sp³-hybridized carbons (Fsp3) is 0.556. The van der Waals surface area contributed by atoms with Crippen LogP contribution in [0.25, 0.3) is 0 Å². The first-order valence-corrected chi connectivity index (χ1v) is 6.68. The lowest BCUT2D eigenvalue weighted by molar-refractivity contribution is 0.0319. The Hall–Kier alpha value is -1.41. The summed E-state index contributed by atoms with van der Waals surface area (Å²) in [7, 11) is -4.00. The van der Waals surface area contributed by atoms with E-state index in [1.165, 1.54) is 0 Å². The average molecular weight is 261 g/mol. The third kappa shape index (κ3) is 3.53. The molecule has 0 fully saturated rings. The number of nitrogens with zero attached hydrogens (tertiary/aromatic N) is 1. The van der Waals surface area contributed by atoms with E-state index < -0.39 is 21.0 Å². The number of esters is 1. The lowest BCUT2D eigenvalue weighted by atomic mass is 10.2. The van der Waals surface area contributed by atoms with Crippen LogP contribution in [0.4, 0.5) is 0 Å². The molecule has 0 aliphatic heterocycles. The smallest absolute Gasteiger partial charge is 0.343 e. The van der Waals surface area contributed by atoms with E-state index in [4.69, 9.17) is 9.88 Å². The molecule has 0 radical (unpaired) electrons. The van der Waals surface area contributed by atoms with Crippen molar-refractivity contribution in [1.82, 2.24) is 10.2 Å². The molecule has 1 aromatic heterocycles. The van der Waals surface area contributed by atoms with E-state index in [-0.39, 0.29) is 11.7 Å². The first-order chi connectivity index (χ1) is 7.86. The molecule has 3 N–H and O–H groups in total. The van der Waals surface area contributed by atoms with Crippen molar-refractivity contribution in [3.05, 3.63) is 11.8 Å². The Bertz CT molecular complexity index is 494. The molecule has 0 aromatic carbocycles. The number of primary sulfonamides is 1. The lowest BCUT2D eigenvalue weighted by Crippen LogP contribution is -2.20. The van der Waals surface area contributed by atoms with E-state index in [0.717, 1.165) is 12.6 Å². The lowest BCUT2D eigenvalue weighted by Gasteiger charge is -2.11. The number of nitrogens with two attached hydrogens (primary N) is 1. The predicted octanol–water partition coefficient (Wildman–Crippen LogP) is 0.403. The molecule has 17 heavy (non-hydrogen) atoms. The minimum atomic E-state index is -4.00. The number of sulfonamides is 1. The number of H-pyrrole nitrogens is 1. The quantitative estimate of drug-likeness (QED) is 0.744. The van der Waals surface area contributed by atoms with Gasteiger partial charge in [-0.1, -0.05) is 13.3 Å². The van der Waals surface area contributed by atoms with Crippen molar-refractivity contribution < 1.29 is 17.9 Å². The standard InChI is InChI=1S/C9H15N3O4S/c1-3-4-6(2)16-9(13)7-5-11-12-8(7)17(10,14)15/h5-6H,3-4H2,1-2H3,(H,11,12)(H2,10,14,15). The summed E-state index contributed by atoms with van der Waals surface area (Å²) in [5.41, 5.74) is -0.171. The van der Waals surface area contributed by atoms with Crippen LogP contribution in [0.15, 0.2) is 11.2 Å². The van der Waals surface area contributed by atoms with Gasteiger partial charge in [0.25, 0.3) is 10.0 Å². The second-order valence-electron chi connectivity index (χ2n) is 3.66. The summed E-state index contributed by atoms with van der Waals surface area (Å²) in [5.74, 6) is -0.747. The number of carbonyl (C=O) groups is 1. The third-order valence-electron chi connectivity index (χ3n) is 2.11. The Morgan fingerprint density at radius 2 is 2.29 bits per heavy atom. The van der Waals surface area contributed by atoms with E-state index in [0.29, 0.717) is 6.42 Å². The summed E-state index contributed by atoms with van der Waals surface area (Å²) in [6.07, 6.45) is 2.37. The average Bonchev–Trinajstić information content (AvgIpc) is 2.65. The summed E-state index contributed by atoms with van der Waals surface area (Å²) in [6, 6.07) is 0. The summed E-state index contributed by atoms with van der Waals surface area (Å²) in [6.45, 7) is 3.69. The van der Waals surface area contributed by atoms with E-state index in [9.17, 15) is 13.2 Å². The first kappa shape index (κ1) is 13.7. The van der Waals surface area contributed by atoms with Crippen LogP contribution in [-0.4, -0.2) is 30.7 Å². The molecule has 1 atom stereocenters. The van der Waals surface area contributed by atoms with Gasteiger partial charge < -0.3 is 4.74 Å². The summed E-state index contributed by atoms with van der Waals surface area (Å²) in [4.78, 5) is 11.7. The zero-order valence-corrected chi connectivity index (χ0v) is 10.5. The normalized spacial score (nSPS) is 13.4. The zero-order valence-electron chi connectivity index (χ0n) is 9.63. The molecule has 0 saturated heterocycles. The van der Waals surface area contributed by atoms with Crippen molar-refractivity contribution in [2.45, 2.75) is 37.8 Å². The first-order valence-electron chi connectivity index (χ1n) is 5.13. The van der Waals surface area contributed by atoms with Gasteiger partial charge in [0.05, 0.1) is 12.3 Å². The molecule has 7 nitrogen and oxygen atoms in total. The molecule has 0 spiro atoms. The molecule has 0 bridgehead atoms. The second-order valence-corrected chi connectivity index (χ2v) is 5.16. The van der Waals surface area contributed by atoms with Gasteiger partial charge in [-0.3, -0.25) is 5.10 Å². The highest BCUT2D eigenvalue weighted by atomic mass is 32.2. The monoisotopic (exact) mass is 261 g/mol. The van der Waals surface area contributed by atoms with Crippen LogP contribution in [0.3, 0.4) is 0 Å². The third-order valence-corrected chi connectivity index (χ3v) is 2.99. The molecule has 0 saturated carbocycles. The van der Waals surface area contributed by atoms with Crippen molar-refractivity contribution in [2.75, 3.05) is 0 Å². The van der Waals surface area contributed by atoms with Gasteiger partial charge in [0.15, 0.2) is 5.03 Å². The SMILES string of the molecule is CCCC(C)OC(=O)c1cn[nH]c1S(N)(=O)=O. The zero-order chi connectivity index (χ0) is 13.1. The van der Waals surface area contributed by atoms with Crippen molar-refractivity contribution >= 4 is 16.0 Å². The van der Waals surface area contributed by atoms with Crippen molar-refractivity contribution in [3.63, 3.8) is 0 Å². The van der Waals surface area contributed by atoms with Crippen molar-refractivity contribution in [2.24, 2.45) is 5.14 Å². The van der Waals surface area contributed by atoms with Gasteiger partial charge in [-0.05, 0) is 13.3 Å². The number of carbonyl (C=O) groups excluding carboxylic acids is 1. The molecular weight excluding hydrogens is 246 g/mol. The van der Waals surface area contributed by atoms with E-state index >= 15 is 0 Å². The fourth-order valence-electron chi connectivity index (χ4n) is 1.35. The van der Waals surface area contributed by atoms with Gasteiger partial charge in [-0.2, -0.15) is 5.10 Å². The Morgan fingerprint density at radius 3 is 2.82 bits per heavy atom. The summed E-state index contributed by atoms with van der Waals surface area (Å²) >= 11 is 0. The van der Waals surface area contributed by atoms with Gasteiger partial charge >= 0.3 is 5.97 Å². The van der Waals surface area contributed by atoms with E-state index in [2.05, 4.69) is 10.2 Å². The minimum absolute atomic E-state index is 0.171. The van der Waals surface area contributed by atoms with Gasteiger partial charge in [-0.15, -0.1) is 0 Å². The Labute approximate surface area is 99.4 Å². The largest absolute Gasteiger partial charge is 0.459 e. The molecule has 96 valence electrons. The van der Waals surface area contributed by atoms with Crippen molar-refractivity contribution in [1.29, 1.82) is 0 Å². The highest BCUT2D eigenvalue weighted by Crippen LogP contribution is 2.13. The maximum Gasteiger partial charge on any atom is 0.343 e. The molecular formula is C9H15N3O4S. The van der Waals surface area contributed by atoms with Gasteiger partial charge in [0.1, 0.15) is 5.56 Å². The Morgan fingerprint density at radius 1 is 1.65 bits per heavy atom. The number of rotatable bonds is 5. The maximum atomic E-state index is 11.7. The summed E-state index contributed by atoms with van der Waals surface area (Å²) < 4.78 is 27.3. The van der Waals surface area contributed by atoms with Crippen LogP contribution in [0.1, 0.15) is 37.0 Å². The topological polar surface area (TPSA) is 115 Å². The molecule has 0 amide bonds. The molecule has 1 rings (SSSR count). The van der Waals surface area contributed by atoms with Gasteiger partial charge in [0.2, 0.25) is 0 Å². The second kappa shape index (κ2) is 5.28. The van der Waals surface area contributed by atoms with Crippen LogP contribution in [-0.2, 0) is 14.8 Å². The highest BCUT2D eigenvalue weighted by molar-refractivity contribution is 7.89.